The molecule has 1 aliphatic heterocycles. The molecule has 4 heteroatoms. The van der Waals surface area contributed by atoms with Gasteiger partial charge in [-0.25, -0.2) is 0 Å². The van der Waals surface area contributed by atoms with Gasteiger partial charge >= 0.3 is 0 Å². The van der Waals surface area contributed by atoms with Gasteiger partial charge in [0.05, 0.1) is 12.7 Å². The molecule has 1 heterocycles. The monoisotopic (exact) mass is 237 g/mol. The predicted molar refractivity (Wildman–Crippen MR) is 65.6 cm³/mol. The summed E-state index contributed by atoms with van der Waals surface area (Å²) >= 11 is 0. The Hall–Kier alpha value is -1.26. The number of nitrogens with zero attached hydrogens (tertiary/aromatic N) is 1. The van der Waals surface area contributed by atoms with Crippen molar-refractivity contribution >= 4 is 0 Å². The number of β-amino-alcohol motifs (C(OH)–C–C–N with tert-alkyl or cyclic N) is 1. The summed E-state index contributed by atoms with van der Waals surface area (Å²) in [7, 11) is 0. The van der Waals surface area contributed by atoms with Gasteiger partial charge in [0.1, 0.15) is 18.1 Å². The van der Waals surface area contributed by atoms with Gasteiger partial charge in [-0.15, -0.1) is 0 Å². The van der Waals surface area contributed by atoms with Crippen LogP contribution in [0, 0.1) is 0 Å². The summed E-state index contributed by atoms with van der Waals surface area (Å²) in [6.45, 7) is 5.70. The van der Waals surface area contributed by atoms with Crippen molar-refractivity contribution in [2.24, 2.45) is 0 Å². The minimum atomic E-state index is -0.138. The third-order valence-electron chi connectivity index (χ3n) is 2.75. The van der Waals surface area contributed by atoms with Gasteiger partial charge in [0.25, 0.3) is 0 Å². The second kappa shape index (κ2) is 5.89. The van der Waals surface area contributed by atoms with Crippen LogP contribution in [0.2, 0.25) is 0 Å². The van der Waals surface area contributed by atoms with Crippen LogP contribution in [-0.4, -0.2) is 49.0 Å². The maximum Gasteiger partial charge on any atom is 0.119 e. The fourth-order valence-corrected chi connectivity index (χ4v) is 1.82. The number of ether oxygens (including phenoxy) is 2. The van der Waals surface area contributed by atoms with E-state index in [-0.39, 0.29) is 6.10 Å². The first kappa shape index (κ1) is 12.2. The lowest BCUT2D eigenvalue weighted by Gasteiger charge is -2.35. The molecule has 1 aromatic carbocycles. The Morgan fingerprint density at radius 1 is 1.18 bits per heavy atom. The fraction of sp³-hybridized carbons (Fsp3) is 0.538. The van der Waals surface area contributed by atoms with Gasteiger partial charge in [0, 0.05) is 19.6 Å². The van der Waals surface area contributed by atoms with Crippen molar-refractivity contribution in [3.63, 3.8) is 0 Å². The van der Waals surface area contributed by atoms with Crippen LogP contribution in [0.5, 0.6) is 11.5 Å². The van der Waals surface area contributed by atoms with E-state index in [4.69, 9.17) is 14.6 Å². The van der Waals surface area contributed by atoms with Crippen LogP contribution < -0.4 is 9.47 Å². The molecule has 0 amide bonds. The first-order valence-corrected chi connectivity index (χ1v) is 6.04. The summed E-state index contributed by atoms with van der Waals surface area (Å²) in [4.78, 5) is 2.17. The van der Waals surface area contributed by atoms with Crippen molar-refractivity contribution in [2.75, 3.05) is 32.8 Å². The number of aliphatic hydroxyl groups is 1. The van der Waals surface area contributed by atoms with Crippen LogP contribution in [0.1, 0.15) is 6.92 Å². The lowest BCUT2D eigenvalue weighted by Crippen LogP contribution is -2.51. The number of likely N-dealkylation sites (tertiary alicyclic amines) is 1. The van der Waals surface area contributed by atoms with Gasteiger partial charge in [0.2, 0.25) is 0 Å². The number of rotatable bonds is 6. The normalized spacial score (nSPS) is 16.6. The highest BCUT2D eigenvalue weighted by molar-refractivity contribution is 5.31. The molecule has 0 bridgehead atoms. The van der Waals surface area contributed by atoms with E-state index in [1.165, 1.54) is 0 Å². The zero-order valence-corrected chi connectivity index (χ0v) is 10.1. The highest BCUT2D eigenvalue weighted by Gasteiger charge is 2.23. The summed E-state index contributed by atoms with van der Waals surface area (Å²) < 4.78 is 11.0. The molecule has 1 aromatic rings. The molecule has 2 rings (SSSR count). The molecular formula is C13H19NO3. The van der Waals surface area contributed by atoms with E-state index in [1.54, 1.807) is 0 Å². The predicted octanol–water partition coefficient (Wildman–Crippen LogP) is 1.14. The molecule has 17 heavy (non-hydrogen) atoms. The van der Waals surface area contributed by atoms with Gasteiger partial charge in [-0.2, -0.15) is 0 Å². The van der Waals surface area contributed by atoms with E-state index in [1.807, 2.05) is 31.2 Å². The zero-order chi connectivity index (χ0) is 12.1. The SMILES string of the molecule is CCOc1ccc(OCCN2CC(O)C2)cc1. The molecule has 1 saturated heterocycles. The van der Waals surface area contributed by atoms with Crippen molar-refractivity contribution in [1.82, 2.24) is 4.90 Å². The number of hydrogen-bond donors (Lipinski definition) is 1. The quantitative estimate of drug-likeness (QED) is 0.805. The third-order valence-corrected chi connectivity index (χ3v) is 2.75. The second-order valence-corrected chi connectivity index (χ2v) is 4.17. The lowest BCUT2D eigenvalue weighted by atomic mass is 10.2. The molecule has 0 aromatic heterocycles. The van der Waals surface area contributed by atoms with Crippen LogP contribution in [-0.2, 0) is 0 Å². The summed E-state index contributed by atoms with van der Waals surface area (Å²) in [6.07, 6.45) is -0.138. The van der Waals surface area contributed by atoms with E-state index >= 15 is 0 Å². The topological polar surface area (TPSA) is 41.9 Å². The molecule has 0 aliphatic carbocycles. The highest BCUT2D eigenvalue weighted by Crippen LogP contribution is 2.17. The Labute approximate surface area is 102 Å². The molecule has 0 unspecified atom stereocenters. The molecular weight excluding hydrogens is 218 g/mol. The fourth-order valence-electron chi connectivity index (χ4n) is 1.82. The van der Waals surface area contributed by atoms with Crippen LogP contribution in [0.4, 0.5) is 0 Å². The van der Waals surface area contributed by atoms with E-state index in [2.05, 4.69) is 4.90 Å². The standard InChI is InChI=1S/C13H19NO3/c1-2-16-12-3-5-13(6-4-12)17-8-7-14-9-11(15)10-14/h3-6,11,15H,2,7-10H2,1H3. The van der Waals surface area contributed by atoms with Crippen molar-refractivity contribution in [1.29, 1.82) is 0 Å². The van der Waals surface area contributed by atoms with Crippen LogP contribution in [0.25, 0.3) is 0 Å². The smallest absolute Gasteiger partial charge is 0.119 e. The minimum absolute atomic E-state index is 0.138. The Kier molecular flexibility index (Phi) is 4.23. The van der Waals surface area contributed by atoms with Gasteiger partial charge in [-0.05, 0) is 31.2 Å². The Bertz CT molecular complexity index is 333. The van der Waals surface area contributed by atoms with Gasteiger partial charge in [-0.1, -0.05) is 0 Å². The van der Waals surface area contributed by atoms with Crippen molar-refractivity contribution < 1.29 is 14.6 Å². The summed E-state index contributed by atoms with van der Waals surface area (Å²) in [5.74, 6) is 1.72. The lowest BCUT2D eigenvalue weighted by molar-refractivity contribution is -0.00387. The molecule has 1 aliphatic rings. The average Bonchev–Trinajstić information content (AvgIpc) is 2.29. The number of hydrogen-bond acceptors (Lipinski definition) is 4. The maximum absolute atomic E-state index is 9.12. The molecule has 4 nitrogen and oxygen atoms in total. The van der Waals surface area contributed by atoms with Crippen molar-refractivity contribution in [2.45, 2.75) is 13.0 Å². The minimum Gasteiger partial charge on any atom is -0.494 e. The maximum atomic E-state index is 9.12. The van der Waals surface area contributed by atoms with Crippen LogP contribution >= 0.6 is 0 Å². The van der Waals surface area contributed by atoms with Crippen molar-refractivity contribution in [3.05, 3.63) is 24.3 Å². The summed E-state index contributed by atoms with van der Waals surface area (Å²) in [5.41, 5.74) is 0. The average molecular weight is 237 g/mol. The largest absolute Gasteiger partial charge is 0.494 e. The first-order chi connectivity index (χ1) is 8.28. The van der Waals surface area contributed by atoms with Gasteiger partial charge < -0.3 is 14.6 Å². The second-order valence-electron chi connectivity index (χ2n) is 4.17. The van der Waals surface area contributed by atoms with E-state index in [9.17, 15) is 0 Å². The van der Waals surface area contributed by atoms with Crippen LogP contribution in [0.15, 0.2) is 24.3 Å². The third kappa shape index (κ3) is 3.61. The van der Waals surface area contributed by atoms with Crippen LogP contribution in [0.3, 0.4) is 0 Å². The molecule has 0 radical (unpaired) electrons. The first-order valence-electron chi connectivity index (χ1n) is 6.04. The number of benzene rings is 1. The van der Waals surface area contributed by atoms with E-state index in [0.717, 1.165) is 31.1 Å². The number of aliphatic hydroxyl groups excluding tert-OH is 1. The molecule has 0 atom stereocenters. The van der Waals surface area contributed by atoms with E-state index < -0.39 is 0 Å². The Morgan fingerprint density at radius 3 is 2.29 bits per heavy atom. The van der Waals surface area contributed by atoms with Gasteiger partial charge in [0.15, 0.2) is 0 Å². The molecule has 1 N–H and O–H groups in total. The Morgan fingerprint density at radius 2 is 1.76 bits per heavy atom. The molecule has 0 spiro atoms. The molecule has 0 saturated carbocycles. The van der Waals surface area contributed by atoms with E-state index in [0.29, 0.717) is 13.2 Å². The highest BCUT2D eigenvalue weighted by atomic mass is 16.5. The van der Waals surface area contributed by atoms with Crippen molar-refractivity contribution in [3.8, 4) is 11.5 Å². The summed E-state index contributed by atoms with van der Waals surface area (Å²) in [5, 5.41) is 9.12. The molecule has 1 fully saturated rings. The summed E-state index contributed by atoms with van der Waals surface area (Å²) in [6, 6.07) is 7.64. The van der Waals surface area contributed by atoms with Gasteiger partial charge in [-0.3, -0.25) is 4.90 Å². The molecule has 94 valence electrons. The zero-order valence-electron chi connectivity index (χ0n) is 10.1. The Balaban J connectivity index is 1.68.